The number of Topliss-reactive ketones (excluding diaryl/α,β-unsaturated/α-hetero) is 1. The predicted octanol–water partition coefficient (Wildman–Crippen LogP) is 3.42. The van der Waals surface area contributed by atoms with Gasteiger partial charge in [0.1, 0.15) is 17.2 Å². The summed E-state index contributed by atoms with van der Waals surface area (Å²) in [5.74, 6) is 1.23. The van der Waals surface area contributed by atoms with Crippen LogP contribution in [0.1, 0.15) is 36.5 Å². The molecule has 8 nitrogen and oxygen atoms in total. The van der Waals surface area contributed by atoms with Crippen molar-refractivity contribution in [2.45, 2.75) is 26.2 Å². The van der Waals surface area contributed by atoms with E-state index in [1.54, 1.807) is 37.1 Å². The molecule has 1 aliphatic rings. The van der Waals surface area contributed by atoms with Crippen molar-refractivity contribution in [3.63, 3.8) is 0 Å². The molecule has 1 heterocycles. The number of hydrogen-bond donors (Lipinski definition) is 0. The van der Waals surface area contributed by atoms with E-state index in [1.165, 1.54) is 0 Å². The molecule has 0 aromatic heterocycles. The number of ether oxygens (including phenoxy) is 4. The second-order valence-corrected chi connectivity index (χ2v) is 7.12. The van der Waals surface area contributed by atoms with Crippen LogP contribution in [0.5, 0.6) is 17.2 Å². The molecule has 0 radical (unpaired) electrons. The van der Waals surface area contributed by atoms with E-state index in [2.05, 4.69) is 0 Å². The van der Waals surface area contributed by atoms with Crippen LogP contribution in [0.2, 0.25) is 0 Å². The van der Waals surface area contributed by atoms with Crippen LogP contribution in [0.4, 0.5) is 5.69 Å². The smallest absolute Gasteiger partial charge is 0.306 e. The third-order valence-corrected chi connectivity index (χ3v) is 4.94. The van der Waals surface area contributed by atoms with E-state index in [1.807, 2.05) is 24.3 Å². The van der Waals surface area contributed by atoms with E-state index < -0.39 is 5.97 Å². The van der Waals surface area contributed by atoms with Crippen molar-refractivity contribution in [3.8, 4) is 17.2 Å². The number of ketones is 1. The number of methoxy groups -OCH3 is 1. The van der Waals surface area contributed by atoms with Gasteiger partial charge in [0, 0.05) is 18.5 Å². The van der Waals surface area contributed by atoms with E-state index in [0.29, 0.717) is 42.3 Å². The summed E-state index contributed by atoms with van der Waals surface area (Å²) in [5.41, 5.74) is 0.971. The van der Waals surface area contributed by atoms with Crippen molar-refractivity contribution in [1.29, 1.82) is 0 Å². The molecule has 170 valence electrons. The molecule has 1 amide bonds. The standard InChI is InChI=1S/C24H27NO7/c1-3-30-24(28)12-10-21(26)17-5-11-22-20(15-17)25(23(27)16-32-22)13-4-14-31-19-8-6-18(29-2)7-9-19/h5-9,11,15H,3-4,10,12-14,16H2,1-2H3. The number of carbonyl (C=O) groups excluding carboxylic acids is 3. The zero-order valence-corrected chi connectivity index (χ0v) is 18.3. The van der Waals surface area contributed by atoms with Gasteiger partial charge in [0.15, 0.2) is 12.4 Å². The van der Waals surface area contributed by atoms with Gasteiger partial charge in [0.25, 0.3) is 5.91 Å². The maximum Gasteiger partial charge on any atom is 0.306 e. The second-order valence-electron chi connectivity index (χ2n) is 7.12. The van der Waals surface area contributed by atoms with Gasteiger partial charge < -0.3 is 23.8 Å². The van der Waals surface area contributed by atoms with Crippen molar-refractivity contribution in [2.75, 3.05) is 38.4 Å². The summed E-state index contributed by atoms with van der Waals surface area (Å²) in [6, 6.07) is 12.2. The number of fused-ring (bicyclic) bond motifs is 1. The van der Waals surface area contributed by atoms with Crippen LogP contribution in [-0.2, 0) is 14.3 Å². The molecule has 0 fully saturated rings. The van der Waals surface area contributed by atoms with E-state index in [4.69, 9.17) is 18.9 Å². The Kier molecular flexibility index (Phi) is 8.08. The predicted molar refractivity (Wildman–Crippen MR) is 118 cm³/mol. The number of carbonyl (C=O) groups is 3. The van der Waals surface area contributed by atoms with Gasteiger partial charge in [-0.05, 0) is 55.8 Å². The molecule has 0 spiro atoms. The number of esters is 1. The van der Waals surface area contributed by atoms with E-state index in [9.17, 15) is 14.4 Å². The highest BCUT2D eigenvalue weighted by Crippen LogP contribution is 2.33. The summed E-state index contributed by atoms with van der Waals surface area (Å²) in [6.07, 6.45) is 0.659. The topological polar surface area (TPSA) is 91.4 Å². The van der Waals surface area contributed by atoms with Crippen molar-refractivity contribution in [2.24, 2.45) is 0 Å². The maximum absolute atomic E-state index is 12.5. The minimum Gasteiger partial charge on any atom is -0.497 e. The fourth-order valence-corrected chi connectivity index (χ4v) is 3.30. The zero-order valence-electron chi connectivity index (χ0n) is 18.3. The molecule has 0 N–H and O–H groups in total. The molecule has 0 unspecified atom stereocenters. The van der Waals surface area contributed by atoms with Crippen molar-refractivity contribution < 1.29 is 33.3 Å². The minimum absolute atomic E-state index is 0.0194. The Bertz CT molecular complexity index is 955. The van der Waals surface area contributed by atoms with E-state index >= 15 is 0 Å². The Morgan fingerprint density at radius 2 is 1.81 bits per heavy atom. The SMILES string of the molecule is CCOC(=O)CCC(=O)c1ccc2c(c1)N(CCCOc1ccc(OC)cc1)C(=O)CO2. The molecular weight excluding hydrogens is 414 g/mol. The van der Waals surface area contributed by atoms with Crippen molar-refractivity contribution in [1.82, 2.24) is 0 Å². The summed E-state index contributed by atoms with van der Waals surface area (Å²) in [6.45, 7) is 2.79. The number of nitrogens with zero attached hydrogens (tertiary/aromatic N) is 1. The quantitative estimate of drug-likeness (QED) is 0.300. The third-order valence-electron chi connectivity index (χ3n) is 4.94. The average Bonchev–Trinajstić information content (AvgIpc) is 2.81. The van der Waals surface area contributed by atoms with Crippen LogP contribution in [0, 0.1) is 0 Å². The number of hydrogen-bond acceptors (Lipinski definition) is 7. The lowest BCUT2D eigenvalue weighted by Crippen LogP contribution is -2.40. The van der Waals surface area contributed by atoms with Gasteiger partial charge in [-0.1, -0.05) is 0 Å². The van der Waals surface area contributed by atoms with Gasteiger partial charge in [0.05, 0.1) is 32.4 Å². The normalized spacial score (nSPS) is 12.6. The lowest BCUT2D eigenvalue weighted by molar-refractivity contribution is -0.143. The average molecular weight is 441 g/mol. The number of amides is 1. The summed E-state index contributed by atoms with van der Waals surface area (Å²) in [7, 11) is 1.60. The Morgan fingerprint density at radius 1 is 1.06 bits per heavy atom. The van der Waals surface area contributed by atoms with Crippen LogP contribution in [0.25, 0.3) is 0 Å². The first-order chi connectivity index (χ1) is 15.5. The molecule has 32 heavy (non-hydrogen) atoms. The van der Waals surface area contributed by atoms with Crippen LogP contribution in [0.3, 0.4) is 0 Å². The lowest BCUT2D eigenvalue weighted by Gasteiger charge is -2.29. The summed E-state index contributed by atoms with van der Waals surface area (Å²) < 4.78 is 21.2. The molecule has 3 rings (SSSR count). The van der Waals surface area contributed by atoms with Gasteiger partial charge in [-0.15, -0.1) is 0 Å². The molecule has 0 saturated heterocycles. The Balaban J connectivity index is 1.60. The zero-order chi connectivity index (χ0) is 22.9. The summed E-state index contributed by atoms with van der Waals surface area (Å²) in [5, 5.41) is 0. The number of anilines is 1. The van der Waals surface area contributed by atoms with Gasteiger partial charge in [-0.3, -0.25) is 14.4 Å². The largest absolute Gasteiger partial charge is 0.497 e. The minimum atomic E-state index is -0.407. The molecule has 8 heteroatoms. The van der Waals surface area contributed by atoms with Gasteiger partial charge in [-0.2, -0.15) is 0 Å². The molecule has 0 saturated carbocycles. The molecule has 1 aliphatic heterocycles. The number of benzene rings is 2. The third kappa shape index (κ3) is 6.00. The first-order valence-electron chi connectivity index (χ1n) is 10.5. The second kappa shape index (κ2) is 11.2. The van der Waals surface area contributed by atoms with E-state index in [0.717, 1.165) is 5.75 Å². The fraction of sp³-hybridized carbons (Fsp3) is 0.375. The highest BCUT2D eigenvalue weighted by Gasteiger charge is 2.26. The lowest BCUT2D eigenvalue weighted by atomic mass is 10.0. The Labute approximate surface area is 187 Å². The van der Waals surface area contributed by atoms with E-state index in [-0.39, 0.29) is 37.7 Å². The highest BCUT2D eigenvalue weighted by atomic mass is 16.5. The molecule has 2 aromatic carbocycles. The first kappa shape index (κ1) is 23.1. The monoisotopic (exact) mass is 441 g/mol. The number of rotatable bonds is 11. The van der Waals surface area contributed by atoms with Crippen LogP contribution in [0.15, 0.2) is 42.5 Å². The summed E-state index contributed by atoms with van der Waals surface area (Å²) >= 11 is 0. The maximum atomic E-state index is 12.5. The molecule has 2 aromatic rings. The van der Waals surface area contributed by atoms with Gasteiger partial charge >= 0.3 is 5.97 Å². The van der Waals surface area contributed by atoms with Gasteiger partial charge in [-0.25, -0.2) is 0 Å². The van der Waals surface area contributed by atoms with Gasteiger partial charge in [0.2, 0.25) is 0 Å². The molecule has 0 atom stereocenters. The molecular formula is C24H27NO7. The summed E-state index contributed by atoms with van der Waals surface area (Å²) in [4.78, 5) is 38.1. The van der Waals surface area contributed by atoms with Crippen LogP contribution < -0.4 is 19.1 Å². The molecule has 0 bridgehead atoms. The Hall–Kier alpha value is -3.55. The first-order valence-corrected chi connectivity index (χ1v) is 10.5. The molecule has 0 aliphatic carbocycles. The highest BCUT2D eigenvalue weighted by molar-refractivity contribution is 6.02. The van der Waals surface area contributed by atoms with Crippen LogP contribution >= 0.6 is 0 Å². The van der Waals surface area contributed by atoms with Crippen molar-refractivity contribution >= 4 is 23.3 Å². The van der Waals surface area contributed by atoms with Crippen LogP contribution in [-0.4, -0.2) is 51.1 Å². The van der Waals surface area contributed by atoms with Crippen molar-refractivity contribution in [3.05, 3.63) is 48.0 Å². The Morgan fingerprint density at radius 3 is 2.53 bits per heavy atom. The fourth-order valence-electron chi connectivity index (χ4n) is 3.30.